The summed E-state index contributed by atoms with van der Waals surface area (Å²) in [6.45, 7) is 4.80. The number of thioether (sulfide) groups is 1. The largest absolute Gasteiger partial charge is 0.309 e. The van der Waals surface area contributed by atoms with Crippen molar-refractivity contribution in [2.24, 2.45) is 0 Å². The molecule has 2 nitrogen and oxygen atoms in total. The Morgan fingerprint density at radius 3 is 3.05 bits per heavy atom. The van der Waals surface area contributed by atoms with Crippen LogP contribution in [0.25, 0.3) is 0 Å². The first-order valence-corrected chi connectivity index (χ1v) is 9.49. The van der Waals surface area contributed by atoms with E-state index in [1.807, 2.05) is 0 Å². The Morgan fingerprint density at radius 1 is 1.37 bits per heavy atom. The fourth-order valence-electron chi connectivity index (χ4n) is 2.96. The topological polar surface area (TPSA) is 15.3 Å². The normalized spacial score (nSPS) is 24.4. The average Bonchev–Trinajstić information content (AvgIpc) is 2.81. The molecule has 1 atom stereocenters. The molecule has 106 valence electrons. The number of rotatable bonds is 4. The molecule has 1 aromatic rings. The van der Waals surface area contributed by atoms with Gasteiger partial charge in [-0.25, -0.2) is 0 Å². The maximum Gasteiger partial charge on any atom is 0.0934 e. The minimum Gasteiger partial charge on any atom is -0.309 e. The van der Waals surface area contributed by atoms with Crippen LogP contribution in [0.15, 0.2) is 6.07 Å². The molecule has 1 fully saturated rings. The summed E-state index contributed by atoms with van der Waals surface area (Å²) < 4.78 is 0.951. The summed E-state index contributed by atoms with van der Waals surface area (Å²) in [6.07, 6.45) is 3.77. The van der Waals surface area contributed by atoms with E-state index in [0.29, 0.717) is 6.04 Å². The number of hydrogen-bond donors (Lipinski definition) is 1. The van der Waals surface area contributed by atoms with Crippen LogP contribution in [-0.4, -0.2) is 42.6 Å². The average molecular weight is 317 g/mol. The van der Waals surface area contributed by atoms with E-state index in [9.17, 15) is 0 Å². The minimum atomic E-state index is 0.534. The van der Waals surface area contributed by atoms with Crippen LogP contribution in [0, 0.1) is 0 Å². The summed E-state index contributed by atoms with van der Waals surface area (Å²) in [5.41, 5.74) is 1.47. The molecule has 1 unspecified atom stereocenters. The lowest BCUT2D eigenvalue weighted by Gasteiger charge is -2.28. The Labute approximate surface area is 128 Å². The van der Waals surface area contributed by atoms with Gasteiger partial charge in [-0.1, -0.05) is 11.6 Å². The lowest BCUT2D eigenvalue weighted by atomic mass is 9.94. The fourth-order valence-corrected chi connectivity index (χ4v) is 5.32. The molecule has 1 aliphatic carbocycles. The van der Waals surface area contributed by atoms with Crippen molar-refractivity contribution in [2.75, 3.05) is 37.7 Å². The maximum atomic E-state index is 6.15. The highest BCUT2D eigenvalue weighted by atomic mass is 35.5. The number of aryl methyl sites for hydroxylation is 1. The third-order valence-electron chi connectivity index (χ3n) is 4.01. The molecule has 3 rings (SSSR count). The van der Waals surface area contributed by atoms with Crippen LogP contribution in [0.3, 0.4) is 0 Å². The highest BCUT2D eigenvalue weighted by molar-refractivity contribution is 7.99. The van der Waals surface area contributed by atoms with Crippen molar-refractivity contribution in [2.45, 2.75) is 25.3 Å². The summed E-state index contributed by atoms with van der Waals surface area (Å²) in [6, 6.07) is 2.71. The van der Waals surface area contributed by atoms with Crippen molar-refractivity contribution in [3.05, 3.63) is 20.8 Å². The van der Waals surface area contributed by atoms with Crippen molar-refractivity contribution in [3.8, 4) is 0 Å². The predicted molar refractivity (Wildman–Crippen MR) is 86.8 cm³/mol. The molecular weight excluding hydrogens is 296 g/mol. The van der Waals surface area contributed by atoms with E-state index in [1.165, 1.54) is 60.8 Å². The van der Waals surface area contributed by atoms with E-state index in [0.717, 1.165) is 10.9 Å². The van der Waals surface area contributed by atoms with E-state index in [1.54, 1.807) is 11.3 Å². The first kappa shape index (κ1) is 14.2. The molecule has 1 aromatic heterocycles. The second-order valence-electron chi connectivity index (χ2n) is 5.28. The van der Waals surface area contributed by atoms with Crippen LogP contribution in [0.2, 0.25) is 4.34 Å². The van der Waals surface area contributed by atoms with Crippen LogP contribution in [0.4, 0.5) is 0 Å². The molecule has 1 saturated heterocycles. The van der Waals surface area contributed by atoms with Gasteiger partial charge >= 0.3 is 0 Å². The molecule has 2 aliphatic rings. The van der Waals surface area contributed by atoms with Crippen LogP contribution in [0.1, 0.15) is 29.3 Å². The Kier molecular flexibility index (Phi) is 5.09. The molecule has 0 aromatic carbocycles. The van der Waals surface area contributed by atoms with Crippen molar-refractivity contribution in [1.29, 1.82) is 0 Å². The highest BCUT2D eigenvalue weighted by Gasteiger charge is 2.22. The fraction of sp³-hybridized carbons (Fsp3) is 0.714. The van der Waals surface area contributed by atoms with Gasteiger partial charge in [0.1, 0.15) is 0 Å². The van der Waals surface area contributed by atoms with Crippen LogP contribution >= 0.6 is 34.7 Å². The van der Waals surface area contributed by atoms with Gasteiger partial charge in [0.25, 0.3) is 0 Å². The Bertz CT molecular complexity index is 416. The Balaban J connectivity index is 1.50. The molecule has 0 radical (unpaired) electrons. The number of nitrogens with one attached hydrogen (secondary N) is 1. The molecule has 0 bridgehead atoms. The van der Waals surface area contributed by atoms with Gasteiger partial charge < -0.3 is 10.2 Å². The Hall–Kier alpha value is 0.260. The summed E-state index contributed by atoms with van der Waals surface area (Å²) in [5.74, 6) is 2.60. The molecule has 1 aliphatic heterocycles. The van der Waals surface area contributed by atoms with Gasteiger partial charge in [0.2, 0.25) is 0 Å². The lowest BCUT2D eigenvalue weighted by Crippen LogP contribution is -2.39. The number of nitrogens with zero attached hydrogens (tertiary/aromatic N) is 1. The zero-order valence-corrected chi connectivity index (χ0v) is 13.5. The van der Waals surface area contributed by atoms with Crippen LogP contribution in [0.5, 0.6) is 0 Å². The summed E-state index contributed by atoms with van der Waals surface area (Å²) in [7, 11) is 0. The SMILES string of the molecule is Clc1cc2c(s1)CCCC2NCCN1CCSCC1. The number of hydrogen-bond acceptors (Lipinski definition) is 4. The van der Waals surface area contributed by atoms with Gasteiger partial charge in [0.05, 0.1) is 4.34 Å². The summed E-state index contributed by atoms with van der Waals surface area (Å²) >= 11 is 10.00. The van der Waals surface area contributed by atoms with Crippen molar-refractivity contribution in [3.63, 3.8) is 0 Å². The number of halogens is 1. The second kappa shape index (κ2) is 6.81. The lowest BCUT2D eigenvalue weighted by molar-refractivity contribution is 0.292. The van der Waals surface area contributed by atoms with Crippen molar-refractivity contribution >= 4 is 34.7 Å². The van der Waals surface area contributed by atoms with Gasteiger partial charge in [-0.05, 0) is 30.9 Å². The van der Waals surface area contributed by atoms with Gasteiger partial charge in [0, 0.05) is 48.6 Å². The van der Waals surface area contributed by atoms with Gasteiger partial charge in [-0.15, -0.1) is 11.3 Å². The Morgan fingerprint density at radius 2 is 2.21 bits per heavy atom. The van der Waals surface area contributed by atoms with Gasteiger partial charge in [-0.2, -0.15) is 11.8 Å². The maximum absolute atomic E-state index is 6.15. The third kappa shape index (κ3) is 3.67. The first-order valence-electron chi connectivity index (χ1n) is 7.14. The highest BCUT2D eigenvalue weighted by Crippen LogP contribution is 2.37. The molecule has 19 heavy (non-hydrogen) atoms. The first-order chi connectivity index (χ1) is 9.33. The van der Waals surface area contributed by atoms with E-state index in [4.69, 9.17) is 11.6 Å². The van der Waals surface area contributed by atoms with E-state index >= 15 is 0 Å². The van der Waals surface area contributed by atoms with E-state index in [2.05, 4.69) is 28.0 Å². The molecule has 5 heteroatoms. The third-order valence-corrected chi connectivity index (χ3v) is 6.29. The van der Waals surface area contributed by atoms with Crippen molar-refractivity contribution < 1.29 is 0 Å². The van der Waals surface area contributed by atoms with Crippen LogP contribution in [-0.2, 0) is 6.42 Å². The van der Waals surface area contributed by atoms with Gasteiger partial charge in [0.15, 0.2) is 0 Å². The molecule has 0 spiro atoms. The monoisotopic (exact) mass is 316 g/mol. The smallest absolute Gasteiger partial charge is 0.0934 e. The zero-order valence-electron chi connectivity index (χ0n) is 11.2. The molecular formula is C14H21ClN2S2. The second-order valence-corrected chi connectivity index (χ2v) is 8.27. The quantitative estimate of drug-likeness (QED) is 0.916. The number of fused-ring (bicyclic) bond motifs is 1. The summed E-state index contributed by atoms with van der Waals surface area (Å²) in [5, 5.41) is 3.74. The number of thiophene rings is 1. The van der Waals surface area contributed by atoms with E-state index in [-0.39, 0.29) is 0 Å². The minimum absolute atomic E-state index is 0.534. The van der Waals surface area contributed by atoms with Gasteiger partial charge in [-0.3, -0.25) is 0 Å². The predicted octanol–water partition coefficient (Wildman–Crippen LogP) is 3.42. The van der Waals surface area contributed by atoms with E-state index < -0.39 is 0 Å². The molecule has 0 amide bonds. The van der Waals surface area contributed by atoms with Crippen LogP contribution < -0.4 is 5.32 Å². The van der Waals surface area contributed by atoms with Crippen molar-refractivity contribution in [1.82, 2.24) is 10.2 Å². The molecule has 1 N–H and O–H groups in total. The standard InChI is InChI=1S/C14H21ClN2S2/c15-14-10-11-12(2-1-3-13(11)19-14)16-4-5-17-6-8-18-9-7-17/h10,12,16H,1-9H2. The zero-order chi connectivity index (χ0) is 13.1. The molecule has 0 saturated carbocycles. The molecule has 2 heterocycles. The summed E-state index contributed by atoms with van der Waals surface area (Å²) in [4.78, 5) is 4.08.